The van der Waals surface area contributed by atoms with Crippen molar-refractivity contribution in [1.82, 2.24) is 0 Å². The molecule has 0 aromatic heterocycles. The third-order valence-electron chi connectivity index (χ3n) is 5.70. The molecule has 1 aromatic rings. The Morgan fingerprint density at radius 1 is 0.714 bits per heavy atom. The van der Waals surface area contributed by atoms with Crippen molar-refractivity contribution in [2.24, 2.45) is 0 Å². The molecule has 2 aliphatic rings. The molecule has 3 rings (SSSR count). The van der Waals surface area contributed by atoms with E-state index in [2.05, 4.69) is 42.4 Å². The Kier molecular flexibility index (Phi) is 5.60. The van der Waals surface area contributed by atoms with E-state index in [1.54, 1.807) is 0 Å². The summed E-state index contributed by atoms with van der Waals surface area (Å²) in [5, 5.41) is 0. The van der Waals surface area contributed by atoms with Crippen LogP contribution in [0.1, 0.15) is 69.8 Å². The van der Waals surface area contributed by atoms with Gasteiger partial charge in [0.1, 0.15) is 0 Å². The van der Waals surface area contributed by atoms with Gasteiger partial charge in [-0.2, -0.15) is 0 Å². The van der Waals surface area contributed by atoms with Gasteiger partial charge in [0.2, 0.25) is 0 Å². The molecule has 0 heterocycles. The third-order valence-corrected chi connectivity index (χ3v) is 5.70. The smallest absolute Gasteiger partial charge is 0.114 e. The van der Waals surface area contributed by atoms with Crippen LogP contribution in [0.2, 0.25) is 11.6 Å². The topological polar surface area (TPSA) is 0 Å². The normalized spacial score (nSPS) is 21.7. The first-order chi connectivity index (χ1) is 10.4. The summed E-state index contributed by atoms with van der Waals surface area (Å²) in [6, 6.07) is 10.9. The minimum absolute atomic E-state index is 0.839. The van der Waals surface area contributed by atoms with E-state index in [1.165, 1.54) is 69.8 Å². The Balaban J connectivity index is 1.72. The lowest BCUT2D eigenvalue weighted by molar-refractivity contribution is 0.464. The summed E-state index contributed by atoms with van der Waals surface area (Å²) in [5.41, 5.74) is 1.37. The first-order valence-electron chi connectivity index (χ1n) is 9.17. The monoisotopic (exact) mass is 280 g/mol. The third kappa shape index (κ3) is 4.25. The van der Waals surface area contributed by atoms with Crippen LogP contribution in [0.5, 0.6) is 0 Å². The van der Waals surface area contributed by atoms with Gasteiger partial charge in [0.15, 0.2) is 6.71 Å². The van der Waals surface area contributed by atoms with Gasteiger partial charge in [0.05, 0.1) is 0 Å². The van der Waals surface area contributed by atoms with E-state index in [-0.39, 0.29) is 0 Å². The molecule has 0 N–H and O–H groups in total. The number of rotatable bonds is 4. The summed E-state index contributed by atoms with van der Waals surface area (Å²) >= 11 is 0. The average Bonchev–Trinajstić information content (AvgIpc) is 2.58. The number of hydrogen-bond donors (Lipinski definition) is 0. The standard InChI is InChI=1S/C20H29B/c1-4-10-18(11-5-1)16-17-21(19-12-6-2-7-13-19)20-14-8-3-9-15-20/h1,4-5,10-11,16-17,19-20H,2-3,6-9,12-15H2/b17-16+. The minimum atomic E-state index is 0.839. The SMILES string of the molecule is C(=C\c1ccccc1)/B(C1CCCCC1)C1CCCCC1. The lowest BCUT2D eigenvalue weighted by Gasteiger charge is -2.34. The van der Waals surface area contributed by atoms with Gasteiger partial charge in [-0.3, -0.25) is 0 Å². The quantitative estimate of drug-likeness (QED) is 0.559. The van der Waals surface area contributed by atoms with Crippen molar-refractivity contribution in [2.45, 2.75) is 75.8 Å². The fraction of sp³-hybridized carbons (Fsp3) is 0.600. The molecule has 1 aromatic carbocycles. The van der Waals surface area contributed by atoms with Crippen LogP contribution in [-0.4, -0.2) is 6.71 Å². The number of hydrogen-bond acceptors (Lipinski definition) is 0. The molecule has 21 heavy (non-hydrogen) atoms. The van der Waals surface area contributed by atoms with Gasteiger partial charge >= 0.3 is 0 Å². The van der Waals surface area contributed by atoms with Crippen LogP contribution in [0.25, 0.3) is 6.08 Å². The summed E-state index contributed by atoms with van der Waals surface area (Å²) in [4.78, 5) is 0. The summed E-state index contributed by atoms with van der Waals surface area (Å²) in [7, 11) is 0. The zero-order valence-corrected chi connectivity index (χ0v) is 13.3. The van der Waals surface area contributed by atoms with Crippen LogP contribution in [0.15, 0.2) is 36.3 Å². The highest BCUT2D eigenvalue weighted by Gasteiger charge is 2.32. The molecule has 0 aliphatic heterocycles. The van der Waals surface area contributed by atoms with Gasteiger partial charge in [0, 0.05) is 0 Å². The molecule has 0 unspecified atom stereocenters. The van der Waals surface area contributed by atoms with Crippen molar-refractivity contribution < 1.29 is 0 Å². The van der Waals surface area contributed by atoms with Crippen LogP contribution in [0.4, 0.5) is 0 Å². The second-order valence-corrected chi connectivity index (χ2v) is 7.14. The zero-order valence-electron chi connectivity index (χ0n) is 13.3. The Labute approximate surface area is 131 Å². The van der Waals surface area contributed by atoms with E-state index in [4.69, 9.17) is 0 Å². The second-order valence-electron chi connectivity index (χ2n) is 7.14. The maximum absolute atomic E-state index is 2.58. The molecule has 2 aliphatic carbocycles. The van der Waals surface area contributed by atoms with Crippen LogP contribution in [-0.2, 0) is 0 Å². The molecule has 0 radical (unpaired) electrons. The second kappa shape index (κ2) is 7.87. The highest BCUT2D eigenvalue weighted by molar-refractivity contribution is 6.68. The maximum Gasteiger partial charge on any atom is 0.172 e. The van der Waals surface area contributed by atoms with Crippen LogP contribution >= 0.6 is 0 Å². The molecular formula is C20H29B. The average molecular weight is 280 g/mol. The van der Waals surface area contributed by atoms with E-state index in [0.29, 0.717) is 0 Å². The molecule has 112 valence electrons. The van der Waals surface area contributed by atoms with Crippen molar-refractivity contribution in [3.05, 3.63) is 41.9 Å². The Bertz CT molecular complexity index is 406. The predicted molar refractivity (Wildman–Crippen MR) is 94.9 cm³/mol. The van der Waals surface area contributed by atoms with Gasteiger partial charge in [-0.15, -0.1) is 5.98 Å². The molecule has 0 spiro atoms. The fourth-order valence-corrected chi connectivity index (χ4v) is 4.52. The molecule has 0 amide bonds. The molecule has 0 atom stereocenters. The van der Waals surface area contributed by atoms with E-state index < -0.39 is 0 Å². The van der Waals surface area contributed by atoms with Crippen LogP contribution in [0, 0.1) is 0 Å². The Morgan fingerprint density at radius 2 is 1.24 bits per heavy atom. The van der Waals surface area contributed by atoms with Gasteiger partial charge in [-0.05, 0) is 5.56 Å². The predicted octanol–water partition coefficient (Wildman–Crippen LogP) is 6.40. The van der Waals surface area contributed by atoms with E-state index in [9.17, 15) is 0 Å². The molecule has 2 saturated carbocycles. The number of benzene rings is 1. The highest BCUT2D eigenvalue weighted by Crippen LogP contribution is 2.42. The van der Waals surface area contributed by atoms with Gasteiger partial charge in [-0.25, -0.2) is 0 Å². The maximum atomic E-state index is 2.58. The lowest BCUT2D eigenvalue weighted by Crippen LogP contribution is -2.28. The van der Waals surface area contributed by atoms with Crippen molar-refractivity contribution in [3.63, 3.8) is 0 Å². The first-order valence-corrected chi connectivity index (χ1v) is 9.17. The lowest BCUT2D eigenvalue weighted by atomic mass is 9.30. The summed E-state index contributed by atoms with van der Waals surface area (Å²) in [6.45, 7) is 0.839. The van der Waals surface area contributed by atoms with Gasteiger partial charge in [-0.1, -0.05) is 112 Å². The van der Waals surface area contributed by atoms with Crippen molar-refractivity contribution >= 4 is 12.8 Å². The Hall–Kier alpha value is -0.975. The zero-order chi connectivity index (χ0) is 14.3. The molecule has 0 bridgehead atoms. The first kappa shape index (κ1) is 14.9. The van der Waals surface area contributed by atoms with Crippen molar-refractivity contribution in [2.75, 3.05) is 0 Å². The summed E-state index contributed by atoms with van der Waals surface area (Å²) in [6.07, 6.45) is 17.1. The van der Waals surface area contributed by atoms with Gasteiger partial charge < -0.3 is 0 Å². The van der Waals surface area contributed by atoms with Crippen molar-refractivity contribution in [3.8, 4) is 0 Å². The summed E-state index contributed by atoms with van der Waals surface area (Å²) in [5.74, 6) is 4.50. The fourth-order valence-electron chi connectivity index (χ4n) is 4.52. The van der Waals surface area contributed by atoms with Crippen LogP contribution in [0.3, 0.4) is 0 Å². The highest BCUT2D eigenvalue weighted by atomic mass is 14.2. The molecule has 2 fully saturated rings. The van der Waals surface area contributed by atoms with E-state index >= 15 is 0 Å². The largest absolute Gasteiger partial charge is 0.172 e. The molecule has 0 saturated heterocycles. The van der Waals surface area contributed by atoms with E-state index in [1.807, 2.05) is 0 Å². The molecular weight excluding hydrogens is 251 g/mol. The minimum Gasteiger partial charge on any atom is -0.114 e. The summed E-state index contributed by atoms with van der Waals surface area (Å²) < 4.78 is 0. The Morgan fingerprint density at radius 3 is 1.76 bits per heavy atom. The van der Waals surface area contributed by atoms with Gasteiger partial charge in [0.25, 0.3) is 0 Å². The van der Waals surface area contributed by atoms with E-state index in [0.717, 1.165) is 18.3 Å². The van der Waals surface area contributed by atoms with Crippen LogP contribution < -0.4 is 0 Å². The molecule has 1 heteroatoms. The molecule has 0 nitrogen and oxygen atoms in total. The van der Waals surface area contributed by atoms with Crippen molar-refractivity contribution in [1.29, 1.82) is 0 Å².